The molecule has 8 nitrogen and oxygen atoms in total. The molecular weight excluding hydrogens is 488 g/mol. The van der Waals surface area contributed by atoms with E-state index in [-0.39, 0.29) is 18.6 Å². The Morgan fingerprint density at radius 3 is 2.08 bits per heavy atom. The molecule has 0 saturated carbocycles. The van der Waals surface area contributed by atoms with Gasteiger partial charge < -0.3 is 25.0 Å². The number of nitrogens with one attached hydrogen (secondary N) is 2. The number of carbonyl (C=O) groups excluding carboxylic acids is 2. The van der Waals surface area contributed by atoms with Crippen LogP contribution < -0.4 is 25.0 Å². The van der Waals surface area contributed by atoms with Crippen LogP contribution in [0.25, 0.3) is 0 Å². The molecule has 196 valence electrons. The maximum Gasteiger partial charge on any atom is 0.309 e. The third-order valence-corrected chi connectivity index (χ3v) is 7.57. The number of ether oxygens (including phenoxy) is 2. The molecule has 0 bridgehead atoms. The van der Waals surface area contributed by atoms with Crippen molar-refractivity contribution >= 4 is 28.8 Å². The molecule has 37 heavy (non-hydrogen) atoms. The predicted octanol–water partition coefficient (Wildman–Crippen LogP) is 3.45. The van der Waals surface area contributed by atoms with Crippen LogP contribution in [0, 0.1) is 0 Å². The molecule has 2 unspecified atom stereocenters. The number of methoxy groups -OCH3 is 2. The number of hydrogen-bond donors (Lipinski definition) is 2. The summed E-state index contributed by atoms with van der Waals surface area (Å²) in [5.41, 5.74) is 2.06. The highest BCUT2D eigenvalue weighted by Crippen LogP contribution is 2.30. The van der Waals surface area contributed by atoms with Crippen molar-refractivity contribution in [2.75, 3.05) is 45.3 Å². The summed E-state index contributed by atoms with van der Waals surface area (Å²) in [5.74, 6) is 0.320. The van der Waals surface area contributed by atoms with Crippen molar-refractivity contribution in [1.29, 1.82) is 0 Å². The maximum atomic E-state index is 12.7. The number of carbonyl (C=O) groups is 2. The summed E-state index contributed by atoms with van der Waals surface area (Å²) < 4.78 is 10.4. The lowest BCUT2D eigenvalue weighted by atomic mass is 10.0. The van der Waals surface area contributed by atoms with E-state index < -0.39 is 11.8 Å². The number of nitrogens with zero attached hydrogens (tertiary/aromatic N) is 2. The second-order valence-corrected chi connectivity index (χ2v) is 9.95. The van der Waals surface area contributed by atoms with Gasteiger partial charge in [-0.15, -0.1) is 11.3 Å². The van der Waals surface area contributed by atoms with Crippen molar-refractivity contribution in [3.05, 3.63) is 76.5 Å². The van der Waals surface area contributed by atoms with E-state index in [4.69, 9.17) is 9.47 Å². The maximum absolute atomic E-state index is 12.7. The van der Waals surface area contributed by atoms with Gasteiger partial charge in [0.25, 0.3) is 0 Å². The van der Waals surface area contributed by atoms with Crippen LogP contribution in [0.15, 0.2) is 66.0 Å². The quantitative estimate of drug-likeness (QED) is 0.419. The van der Waals surface area contributed by atoms with Crippen LogP contribution >= 0.6 is 11.3 Å². The van der Waals surface area contributed by atoms with Gasteiger partial charge in [0, 0.05) is 49.3 Å². The molecule has 3 aromatic rings. The Kier molecular flexibility index (Phi) is 9.03. The zero-order valence-electron chi connectivity index (χ0n) is 21.5. The monoisotopic (exact) mass is 522 g/mol. The van der Waals surface area contributed by atoms with Crippen molar-refractivity contribution in [3.8, 4) is 11.5 Å². The van der Waals surface area contributed by atoms with Gasteiger partial charge in [0.15, 0.2) is 0 Å². The first-order valence-corrected chi connectivity index (χ1v) is 13.2. The number of amides is 2. The summed E-state index contributed by atoms with van der Waals surface area (Å²) in [6.45, 7) is 5.67. The van der Waals surface area contributed by atoms with Crippen molar-refractivity contribution in [3.63, 3.8) is 0 Å². The zero-order chi connectivity index (χ0) is 26.2. The van der Waals surface area contributed by atoms with Crippen LogP contribution in [-0.4, -0.2) is 63.2 Å². The van der Waals surface area contributed by atoms with Crippen LogP contribution in [0.5, 0.6) is 11.5 Å². The van der Waals surface area contributed by atoms with Gasteiger partial charge in [-0.05, 0) is 60.3 Å². The van der Waals surface area contributed by atoms with E-state index in [1.54, 1.807) is 25.6 Å². The number of thiophene rings is 1. The first kappa shape index (κ1) is 26.5. The Morgan fingerprint density at radius 1 is 0.892 bits per heavy atom. The van der Waals surface area contributed by atoms with Gasteiger partial charge in [-0.3, -0.25) is 14.5 Å². The fourth-order valence-corrected chi connectivity index (χ4v) is 5.57. The summed E-state index contributed by atoms with van der Waals surface area (Å²) in [5, 5.41) is 7.70. The van der Waals surface area contributed by atoms with Crippen LogP contribution in [0.1, 0.15) is 23.4 Å². The second kappa shape index (κ2) is 12.6. The molecule has 1 fully saturated rings. The average molecular weight is 523 g/mol. The minimum Gasteiger partial charge on any atom is -0.497 e. The largest absolute Gasteiger partial charge is 0.497 e. The summed E-state index contributed by atoms with van der Waals surface area (Å²) in [6.07, 6.45) is 0. The smallest absolute Gasteiger partial charge is 0.309 e. The second-order valence-electron chi connectivity index (χ2n) is 8.97. The number of piperazine rings is 1. The third-order valence-electron chi connectivity index (χ3n) is 6.63. The standard InChI is InChI=1S/C28H34N4O4S/c1-20(30-28(34)27(33)29-19-21-6-10-23(35-2)11-7-21)26(25-5-4-18-37-25)32-16-14-31(15-17-32)22-8-12-24(36-3)13-9-22/h4-13,18,20,26H,14-17,19H2,1-3H3,(H,29,33)(H,30,34). The van der Waals surface area contributed by atoms with Crippen LogP contribution in [0.3, 0.4) is 0 Å². The molecule has 0 radical (unpaired) electrons. The van der Waals surface area contributed by atoms with Gasteiger partial charge in [-0.2, -0.15) is 0 Å². The lowest BCUT2D eigenvalue weighted by molar-refractivity contribution is -0.140. The number of rotatable bonds is 9. The van der Waals surface area contributed by atoms with Gasteiger partial charge in [0.05, 0.1) is 20.3 Å². The van der Waals surface area contributed by atoms with Gasteiger partial charge in [-0.1, -0.05) is 18.2 Å². The molecule has 2 N–H and O–H groups in total. The van der Waals surface area contributed by atoms with Crippen molar-refractivity contribution < 1.29 is 19.1 Å². The molecule has 2 atom stereocenters. The highest BCUT2D eigenvalue weighted by atomic mass is 32.1. The van der Waals surface area contributed by atoms with Crippen molar-refractivity contribution in [2.24, 2.45) is 0 Å². The first-order chi connectivity index (χ1) is 18.0. The normalized spacial score (nSPS) is 15.5. The summed E-state index contributed by atoms with van der Waals surface area (Å²) in [7, 11) is 3.27. The number of benzene rings is 2. The van der Waals surface area contributed by atoms with E-state index in [0.717, 1.165) is 43.2 Å². The summed E-state index contributed by atoms with van der Waals surface area (Å²) in [4.78, 5) is 31.2. The van der Waals surface area contributed by atoms with Gasteiger partial charge >= 0.3 is 11.8 Å². The molecule has 0 aliphatic carbocycles. The Labute approximate surface area is 222 Å². The van der Waals surface area contributed by atoms with Crippen molar-refractivity contribution in [1.82, 2.24) is 15.5 Å². The molecule has 0 spiro atoms. The highest BCUT2D eigenvalue weighted by Gasteiger charge is 2.32. The molecule has 1 aromatic heterocycles. The van der Waals surface area contributed by atoms with E-state index in [1.807, 2.05) is 54.8 Å². The SMILES string of the molecule is COc1ccc(CNC(=O)C(=O)NC(C)C(c2cccs2)N2CCN(c3ccc(OC)cc3)CC2)cc1. The van der Waals surface area contributed by atoms with Gasteiger partial charge in [0.1, 0.15) is 11.5 Å². The average Bonchev–Trinajstić information content (AvgIpc) is 3.47. The summed E-state index contributed by atoms with van der Waals surface area (Å²) >= 11 is 1.67. The Bertz CT molecular complexity index is 1140. The lowest BCUT2D eigenvalue weighted by Crippen LogP contribution is -2.53. The minimum absolute atomic E-state index is 0.0173. The molecular formula is C28H34N4O4S. The van der Waals surface area contributed by atoms with E-state index in [9.17, 15) is 9.59 Å². The Hall–Kier alpha value is -3.56. The van der Waals surface area contributed by atoms with Crippen LogP contribution in [0.2, 0.25) is 0 Å². The molecule has 9 heteroatoms. The van der Waals surface area contributed by atoms with E-state index in [1.165, 1.54) is 10.6 Å². The van der Waals surface area contributed by atoms with Gasteiger partial charge in [0.2, 0.25) is 0 Å². The molecule has 1 saturated heterocycles. The highest BCUT2D eigenvalue weighted by molar-refractivity contribution is 7.10. The number of anilines is 1. The van der Waals surface area contributed by atoms with Crippen molar-refractivity contribution in [2.45, 2.75) is 25.6 Å². The van der Waals surface area contributed by atoms with E-state index >= 15 is 0 Å². The fraction of sp³-hybridized carbons (Fsp3) is 0.357. The molecule has 2 heterocycles. The number of hydrogen-bond acceptors (Lipinski definition) is 7. The van der Waals surface area contributed by atoms with Crippen LogP contribution in [0.4, 0.5) is 5.69 Å². The minimum atomic E-state index is -0.642. The zero-order valence-corrected chi connectivity index (χ0v) is 22.3. The molecule has 1 aliphatic rings. The summed E-state index contributed by atoms with van der Waals surface area (Å²) in [6, 6.07) is 19.3. The third kappa shape index (κ3) is 6.81. The van der Waals surface area contributed by atoms with Crippen LogP contribution in [-0.2, 0) is 16.1 Å². The lowest BCUT2D eigenvalue weighted by Gasteiger charge is -2.42. The fourth-order valence-electron chi connectivity index (χ4n) is 4.61. The van der Waals surface area contributed by atoms with E-state index in [0.29, 0.717) is 0 Å². The van der Waals surface area contributed by atoms with Gasteiger partial charge in [-0.25, -0.2) is 0 Å². The predicted molar refractivity (Wildman–Crippen MR) is 146 cm³/mol. The molecule has 2 aromatic carbocycles. The van der Waals surface area contributed by atoms with E-state index in [2.05, 4.69) is 38.6 Å². The topological polar surface area (TPSA) is 83.1 Å². The Balaban J connectivity index is 1.34. The molecule has 2 amide bonds. The Morgan fingerprint density at radius 2 is 1.51 bits per heavy atom. The first-order valence-electron chi connectivity index (χ1n) is 12.4. The molecule has 4 rings (SSSR count). The molecule has 1 aliphatic heterocycles.